The number of Topliss-reactive ketones (excluding diaryl/α,β-unsaturated/α-hetero) is 2. The number of benzene rings is 2. The van der Waals surface area contributed by atoms with Gasteiger partial charge in [-0.1, -0.05) is 36.7 Å². The molecule has 14 heteroatoms. The fourth-order valence-corrected chi connectivity index (χ4v) is 7.28. The number of furan rings is 1. The predicted molar refractivity (Wildman–Crippen MR) is 172 cm³/mol. The highest BCUT2D eigenvalue weighted by molar-refractivity contribution is 6.36. The van der Waals surface area contributed by atoms with Gasteiger partial charge in [-0.25, -0.2) is 9.59 Å². The second-order valence-corrected chi connectivity index (χ2v) is 12.2. The molecule has 2 aromatic carbocycles. The number of carboxylic acid groups (broad SMARTS) is 1. The molecule has 0 radical (unpaired) electrons. The fraction of sp³-hybridized carbons (Fsp3) is 0.265. The zero-order valence-electron chi connectivity index (χ0n) is 26.3. The van der Waals surface area contributed by atoms with Gasteiger partial charge in [0.1, 0.15) is 39.4 Å². The van der Waals surface area contributed by atoms with Crippen molar-refractivity contribution in [2.24, 2.45) is 20.0 Å². The molecule has 246 valence electrons. The minimum Gasteiger partial charge on any atom is -0.496 e. The van der Waals surface area contributed by atoms with E-state index in [1.807, 2.05) is 0 Å². The van der Waals surface area contributed by atoms with E-state index in [9.17, 15) is 24.3 Å². The van der Waals surface area contributed by atoms with Crippen LogP contribution in [0.15, 0.2) is 67.7 Å². The number of aromatic nitrogens is 2. The van der Waals surface area contributed by atoms with Gasteiger partial charge >= 0.3 is 11.7 Å². The number of ether oxygens (including phenoxy) is 3. The molecule has 2 aliphatic heterocycles. The summed E-state index contributed by atoms with van der Waals surface area (Å²) in [5.41, 5.74) is -2.76. The summed E-state index contributed by atoms with van der Waals surface area (Å²) in [6.07, 6.45) is 0.0899. The van der Waals surface area contributed by atoms with Crippen LogP contribution in [0.2, 0.25) is 5.02 Å². The summed E-state index contributed by atoms with van der Waals surface area (Å²) < 4.78 is 25.6. The van der Waals surface area contributed by atoms with E-state index in [0.717, 1.165) is 4.57 Å². The van der Waals surface area contributed by atoms with Crippen molar-refractivity contribution in [2.45, 2.75) is 24.9 Å². The molecule has 2 aromatic heterocycles. The van der Waals surface area contributed by atoms with Crippen LogP contribution in [0.5, 0.6) is 17.2 Å². The van der Waals surface area contributed by atoms with Gasteiger partial charge in [0, 0.05) is 42.9 Å². The van der Waals surface area contributed by atoms with Gasteiger partial charge in [0.2, 0.25) is 17.2 Å². The highest BCUT2D eigenvalue weighted by Crippen LogP contribution is 2.56. The SMILES string of the molecule is COc1cc(OC)c2c(c1Cl)O[C@@]1(C(=O)C3=C(C[C@H]1C)Nc1c(c(=O)n(C)c(=O)n1C)[C@H]3c1ccc(-c3ccccc3C(=O)O)o1)C2=O. The quantitative estimate of drug-likeness (QED) is 0.292. The van der Waals surface area contributed by atoms with E-state index < -0.39 is 46.2 Å². The van der Waals surface area contributed by atoms with Crippen LogP contribution < -0.4 is 30.8 Å². The maximum atomic E-state index is 15.0. The summed E-state index contributed by atoms with van der Waals surface area (Å²) in [7, 11) is 5.56. The summed E-state index contributed by atoms with van der Waals surface area (Å²) in [6, 6.07) is 10.8. The Morgan fingerprint density at radius 2 is 1.73 bits per heavy atom. The standard InChI is InChI=1S/C34H28ClN3O10/c1-14-12-17-22(28(39)34(14)29(40)24-20(45-4)13-21(46-5)26(35)27(24)48-34)23(25-30(36-17)37(2)33(44)38(3)31(25)41)19-11-10-18(47-19)15-8-6-7-9-16(15)32(42)43/h6-11,13-14,23,36H,12H2,1-5H3,(H,42,43)/t14-,23+,34+/m1/s1. The smallest absolute Gasteiger partial charge is 0.336 e. The molecule has 1 spiro atoms. The second-order valence-electron chi connectivity index (χ2n) is 11.9. The third-order valence-electron chi connectivity index (χ3n) is 9.41. The van der Waals surface area contributed by atoms with Crippen LogP contribution in [0.1, 0.15) is 51.3 Å². The van der Waals surface area contributed by atoms with E-state index in [-0.39, 0.29) is 73.9 Å². The Labute approximate surface area is 276 Å². The van der Waals surface area contributed by atoms with E-state index >= 15 is 4.79 Å². The zero-order valence-corrected chi connectivity index (χ0v) is 27.1. The van der Waals surface area contributed by atoms with Crippen molar-refractivity contribution in [3.05, 3.63) is 102 Å². The number of nitrogens with one attached hydrogen (secondary N) is 1. The Kier molecular flexibility index (Phi) is 6.95. The van der Waals surface area contributed by atoms with E-state index in [2.05, 4.69) is 5.32 Å². The molecule has 0 fully saturated rings. The highest BCUT2D eigenvalue weighted by atomic mass is 35.5. The number of carboxylic acids is 1. The number of hydrogen-bond donors (Lipinski definition) is 2. The van der Waals surface area contributed by atoms with Crippen LogP contribution in [-0.4, -0.2) is 51.6 Å². The number of rotatable bonds is 5. The first kappa shape index (κ1) is 31.1. The molecule has 7 rings (SSSR count). The molecule has 4 heterocycles. The second kappa shape index (κ2) is 10.7. The van der Waals surface area contributed by atoms with Gasteiger partial charge in [-0.2, -0.15) is 0 Å². The lowest BCUT2D eigenvalue weighted by Gasteiger charge is -2.42. The Balaban J connectivity index is 1.46. The summed E-state index contributed by atoms with van der Waals surface area (Å²) >= 11 is 6.62. The summed E-state index contributed by atoms with van der Waals surface area (Å²) in [4.78, 5) is 68.4. The van der Waals surface area contributed by atoms with Crippen molar-refractivity contribution in [3.63, 3.8) is 0 Å². The Morgan fingerprint density at radius 3 is 2.42 bits per heavy atom. The van der Waals surface area contributed by atoms with Crippen LogP contribution in [0.25, 0.3) is 11.3 Å². The number of carbonyl (C=O) groups is 3. The van der Waals surface area contributed by atoms with Crippen molar-refractivity contribution in [1.82, 2.24) is 9.13 Å². The van der Waals surface area contributed by atoms with Gasteiger partial charge in [0.05, 0.1) is 31.3 Å². The van der Waals surface area contributed by atoms with E-state index in [0.29, 0.717) is 5.70 Å². The molecule has 4 aromatic rings. The average Bonchev–Trinajstić information content (AvgIpc) is 3.69. The van der Waals surface area contributed by atoms with Crippen LogP contribution >= 0.6 is 11.6 Å². The predicted octanol–water partition coefficient (Wildman–Crippen LogP) is 4.15. The molecule has 13 nitrogen and oxygen atoms in total. The average molecular weight is 674 g/mol. The van der Waals surface area contributed by atoms with Crippen LogP contribution in [-0.2, 0) is 18.9 Å². The van der Waals surface area contributed by atoms with E-state index in [4.69, 9.17) is 30.2 Å². The highest BCUT2D eigenvalue weighted by Gasteiger charge is 2.64. The largest absolute Gasteiger partial charge is 0.496 e. The number of hydrogen-bond acceptors (Lipinski definition) is 10. The summed E-state index contributed by atoms with van der Waals surface area (Å²) in [6.45, 7) is 1.69. The lowest BCUT2D eigenvalue weighted by atomic mass is 9.66. The molecule has 3 aliphatic rings. The van der Waals surface area contributed by atoms with Crippen LogP contribution in [0.4, 0.5) is 5.82 Å². The number of aromatic carboxylic acids is 1. The molecule has 3 atom stereocenters. The fourth-order valence-electron chi connectivity index (χ4n) is 7.01. The van der Waals surface area contributed by atoms with E-state index in [1.54, 1.807) is 31.2 Å². The molecular formula is C34H28ClN3O10. The number of fused-ring (bicyclic) bond motifs is 2. The normalized spacial score (nSPS) is 21.0. The lowest BCUT2D eigenvalue weighted by Crippen LogP contribution is -2.58. The first-order valence-corrected chi connectivity index (χ1v) is 15.2. The number of nitrogens with zero attached hydrogens (tertiary/aromatic N) is 2. The van der Waals surface area contributed by atoms with Gasteiger partial charge in [-0.3, -0.25) is 23.5 Å². The maximum absolute atomic E-state index is 15.0. The Bertz CT molecular complexity index is 2280. The van der Waals surface area contributed by atoms with Crippen molar-refractivity contribution in [2.75, 3.05) is 19.5 Å². The first-order chi connectivity index (χ1) is 22.9. The molecular weight excluding hydrogens is 646 g/mol. The minimum atomic E-state index is -2.10. The first-order valence-electron chi connectivity index (χ1n) is 14.8. The maximum Gasteiger partial charge on any atom is 0.336 e. The molecule has 0 unspecified atom stereocenters. The number of halogens is 1. The van der Waals surface area contributed by atoms with Crippen molar-refractivity contribution in [3.8, 4) is 28.6 Å². The van der Waals surface area contributed by atoms with Crippen molar-refractivity contribution >= 4 is 35.0 Å². The summed E-state index contributed by atoms with van der Waals surface area (Å²) in [5, 5.41) is 12.9. The van der Waals surface area contributed by atoms with Crippen molar-refractivity contribution < 1.29 is 38.1 Å². The minimum absolute atomic E-state index is 0.0152. The van der Waals surface area contributed by atoms with E-state index in [1.165, 1.54) is 51.1 Å². The molecule has 2 N–H and O–H groups in total. The number of allylic oxidation sites excluding steroid dienone is 1. The topological polar surface area (TPSA) is 168 Å². The molecule has 0 saturated carbocycles. The molecule has 0 bridgehead atoms. The molecule has 1 aliphatic carbocycles. The summed E-state index contributed by atoms with van der Waals surface area (Å²) in [5.74, 6) is -3.92. The van der Waals surface area contributed by atoms with Gasteiger partial charge < -0.3 is 29.1 Å². The number of carbonyl (C=O) groups excluding carboxylic acids is 2. The Morgan fingerprint density at radius 1 is 1.02 bits per heavy atom. The third-order valence-corrected chi connectivity index (χ3v) is 9.77. The lowest BCUT2D eigenvalue weighted by molar-refractivity contribution is -0.130. The number of ketones is 2. The van der Waals surface area contributed by atoms with Gasteiger partial charge in [0.15, 0.2) is 5.75 Å². The van der Waals surface area contributed by atoms with Gasteiger partial charge in [0.25, 0.3) is 5.56 Å². The van der Waals surface area contributed by atoms with Crippen LogP contribution in [0.3, 0.4) is 0 Å². The van der Waals surface area contributed by atoms with Gasteiger partial charge in [-0.05, 0) is 24.6 Å². The van der Waals surface area contributed by atoms with Gasteiger partial charge in [-0.15, -0.1) is 0 Å². The monoisotopic (exact) mass is 673 g/mol. The third kappa shape index (κ3) is 4.00. The number of anilines is 1. The Hall–Kier alpha value is -5.56. The molecule has 48 heavy (non-hydrogen) atoms. The zero-order chi connectivity index (χ0) is 34.4. The molecule has 0 saturated heterocycles. The van der Waals surface area contributed by atoms with Crippen molar-refractivity contribution in [1.29, 1.82) is 0 Å². The molecule has 0 amide bonds. The number of methoxy groups -OCH3 is 2. The van der Waals surface area contributed by atoms with Crippen LogP contribution in [0, 0.1) is 5.92 Å².